The molecule has 27 heavy (non-hydrogen) atoms. The average molecular weight is 391 g/mol. The summed E-state index contributed by atoms with van der Waals surface area (Å²) in [6.45, 7) is 5.86. The summed E-state index contributed by atoms with van der Waals surface area (Å²) in [4.78, 5) is 32.6. The molecule has 144 valence electrons. The Morgan fingerprint density at radius 2 is 1.85 bits per heavy atom. The van der Waals surface area contributed by atoms with E-state index < -0.39 is 6.04 Å². The second-order valence-electron chi connectivity index (χ2n) is 6.40. The number of hydrogen-bond donors (Lipinski definition) is 2. The first-order chi connectivity index (χ1) is 12.9. The zero-order chi connectivity index (χ0) is 19.4. The fourth-order valence-corrected chi connectivity index (χ4v) is 3.48. The summed E-state index contributed by atoms with van der Waals surface area (Å²) in [5, 5.41) is 7.79. The number of carbonyl (C=O) groups is 2. The Morgan fingerprint density at radius 3 is 2.44 bits per heavy atom. The van der Waals surface area contributed by atoms with Gasteiger partial charge in [0.05, 0.1) is 5.69 Å². The van der Waals surface area contributed by atoms with E-state index in [4.69, 9.17) is 0 Å². The van der Waals surface area contributed by atoms with Gasteiger partial charge in [-0.15, -0.1) is 11.3 Å². The predicted octanol–water partition coefficient (Wildman–Crippen LogP) is 2.45. The van der Waals surface area contributed by atoms with E-state index in [1.54, 1.807) is 24.0 Å². The lowest BCUT2D eigenvalue weighted by Gasteiger charge is -2.36. The summed E-state index contributed by atoms with van der Waals surface area (Å²) in [6, 6.07) is 5.39. The highest BCUT2D eigenvalue weighted by Crippen LogP contribution is 2.17. The van der Waals surface area contributed by atoms with Crippen LogP contribution < -0.4 is 15.5 Å². The van der Waals surface area contributed by atoms with Gasteiger partial charge < -0.3 is 20.4 Å². The number of carbonyl (C=O) groups excluding carboxylic acids is 2. The largest absolute Gasteiger partial charge is 0.368 e. The van der Waals surface area contributed by atoms with Gasteiger partial charge in [0.15, 0.2) is 5.13 Å². The van der Waals surface area contributed by atoms with Gasteiger partial charge in [-0.2, -0.15) is 0 Å². The molecule has 3 rings (SSSR count). The van der Waals surface area contributed by atoms with Crippen LogP contribution in [0.25, 0.3) is 0 Å². The van der Waals surface area contributed by atoms with Crippen molar-refractivity contribution in [1.82, 2.24) is 15.2 Å². The molecule has 9 heteroatoms. The molecule has 1 atom stereocenters. The molecule has 1 saturated heterocycles. The number of nitrogens with zero attached hydrogens (tertiary/aromatic N) is 3. The quantitative estimate of drug-likeness (QED) is 0.839. The maximum absolute atomic E-state index is 13.0. The topological polar surface area (TPSA) is 77.6 Å². The van der Waals surface area contributed by atoms with E-state index in [0.29, 0.717) is 31.3 Å². The highest BCUT2D eigenvalue weighted by molar-refractivity contribution is 7.13. The van der Waals surface area contributed by atoms with E-state index in [2.05, 4.69) is 20.5 Å². The Balaban J connectivity index is 1.47. The lowest BCUT2D eigenvalue weighted by molar-refractivity contribution is -0.117. The van der Waals surface area contributed by atoms with E-state index in [0.717, 1.165) is 11.4 Å². The number of urea groups is 1. The molecule has 1 aromatic carbocycles. The Bertz CT molecular complexity index is 802. The van der Waals surface area contributed by atoms with Crippen LogP contribution in [-0.4, -0.2) is 54.0 Å². The third-order valence-corrected chi connectivity index (χ3v) is 5.22. The number of anilines is 2. The normalized spacial score (nSPS) is 15.4. The minimum atomic E-state index is -0.670. The van der Waals surface area contributed by atoms with Gasteiger partial charge in [-0.3, -0.25) is 4.79 Å². The summed E-state index contributed by atoms with van der Waals surface area (Å²) in [6.07, 6.45) is 0. The molecule has 3 amide bonds. The number of piperazine rings is 1. The van der Waals surface area contributed by atoms with Crippen molar-refractivity contribution in [2.75, 3.05) is 36.4 Å². The molecule has 1 aromatic heterocycles. The van der Waals surface area contributed by atoms with Gasteiger partial charge >= 0.3 is 6.03 Å². The number of hydrogen-bond acceptors (Lipinski definition) is 5. The van der Waals surface area contributed by atoms with Gasteiger partial charge in [-0.05, 0) is 38.1 Å². The van der Waals surface area contributed by atoms with Crippen molar-refractivity contribution in [2.24, 2.45) is 0 Å². The molecular weight excluding hydrogens is 369 g/mol. The van der Waals surface area contributed by atoms with Crippen molar-refractivity contribution in [2.45, 2.75) is 19.9 Å². The molecule has 2 heterocycles. The number of nitrogens with one attached hydrogen (secondary N) is 2. The summed E-state index contributed by atoms with van der Waals surface area (Å²) in [5.41, 5.74) is 1.77. The van der Waals surface area contributed by atoms with Crippen LogP contribution in [-0.2, 0) is 4.79 Å². The molecule has 0 aliphatic carbocycles. The van der Waals surface area contributed by atoms with Gasteiger partial charge in [0.1, 0.15) is 11.9 Å². The van der Waals surface area contributed by atoms with E-state index in [1.165, 1.54) is 23.5 Å². The number of amides is 3. The molecule has 1 aliphatic heterocycles. The summed E-state index contributed by atoms with van der Waals surface area (Å²) < 4.78 is 13.0. The number of aryl methyl sites for hydroxylation is 1. The Labute approximate surface area is 161 Å². The molecule has 1 unspecified atom stereocenters. The van der Waals surface area contributed by atoms with Crippen LogP contribution in [0.15, 0.2) is 29.6 Å². The first kappa shape index (κ1) is 19.1. The van der Waals surface area contributed by atoms with E-state index in [1.807, 2.05) is 12.3 Å². The van der Waals surface area contributed by atoms with Crippen molar-refractivity contribution >= 4 is 34.1 Å². The predicted molar refractivity (Wildman–Crippen MR) is 104 cm³/mol. The summed E-state index contributed by atoms with van der Waals surface area (Å²) in [7, 11) is 0. The van der Waals surface area contributed by atoms with Crippen molar-refractivity contribution in [3.8, 4) is 0 Å². The smallest absolute Gasteiger partial charge is 0.318 e. The zero-order valence-electron chi connectivity index (χ0n) is 15.2. The molecular formula is C18H22FN5O2S. The van der Waals surface area contributed by atoms with Crippen molar-refractivity contribution in [3.63, 3.8) is 0 Å². The zero-order valence-corrected chi connectivity index (χ0v) is 16.1. The average Bonchev–Trinajstić information content (AvgIpc) is 3.07. The maximum Gasteiger partial charge on any atom is 0.318 e. The maximum atomic E-state index is 13.0. The Hall–Kier alpha value is -2.68. The Kier molecular flexibility index (Phi) is 5.90. The summed E-state index contributed by atoms with van der Waals surface area (Å²) in [5.74, 6) is -0.570. The first-order valence-electron chi connectivity index (χ1n) is 8.71. The van der Waals surface area contributed by atoms with Gasteiger partial charge in [-0.25, -0.2) is 14.2 Å². The van der Waals surface area contributed by atoms with Crippen LogP contribution in [0.5, 0.6) is 0 Å². The summed E-state index contributed by atoms with van der Waals surface area (Å²) >= 11 is 1.35. The van der Waals surface area contributed by atoms with E-state index in [9.17, 15) is 14.0 Å². The Morgan fingerprint density at radius 1 is 1.19 bits per heavy atom. The highest BCUT2D eigenvalue weighted by atomic mass is 32.1. The molecule has 0 spiro atoms. The van der Waals surface area contributed by atoms with Crippen LogP contribution in [0.1, 0.15) is 12.6 Å². The molecule has 0 bridgehead atoms. The highest BCUT2D eigenvalue weighted by Gasteiger charge is 2.24. The van der Waals surface area contributed by atoms with Gasteiger partial charge in [0.25, 0.3) is 0 Å². The minimum Gasteiger partial charge on any atom is -0.368 e. The first-order valence-corrected chi connectivity index (χ1v) is 9.59. The minimum absolute atomic E-state index is 0.267. The van der Waals surface area contributed by atoms with Crippen LogP contribution in [0.4, 0.5) is 20.0 Å². The number of aromatic nitrogens is 1. The number of rotatable bonds is 4. The number of benzene rings is 1. The van der Waals surface area contributed by atoms with Crippen LogP contribution in [0.2, 0.25) is 0 Å². The second kappa shape index (κ2) is 8.34. The van der Waals surface area contributed by atoms with E-state index in [-0.39, 0.29) is 17.8 Å². The molecule has 7 nitrogen and oxygen atoms in total. The fraction of sp³-hybridized carbons (Fsp3) is 0.389. The molecule has 2 N–H and O–H groups in total. The molecule has 0 radical (unpaired) electrons. The van der Waals surface area contributed by atoms with Crippen LogP contribution >= 0.6 is 11.3 Å². The molecule has 2 aromatic rings. The standard InChI is InChI=1S/C18H22FN5O2S/c1-12-11-27-17(20-12)22-16(25)13(2)21-18(26)24-9-7-23(8-10-24)15-5-3-14(19)4-6-15/h3-6,11,13H,7-10H2,1-2H3,(H,21,26)(H,20,22,25). The number of thiazole rings is 1. The monoisotopic (exact) mass is 391 g/mol. The molecule has 1 fully saturated rings. The SMILES string of the molecule is Cc1csc(NC(=O)C(C)NC(=O)N2CCN(c3ccc(F)cc3)CC2)n1. The third-order valence-electron chi connectivity index (χ3n) is 4.34. The van der Waals surface area contributed by atoms with Crippen LogP contribution in [0, 0.1) is 12.7 Å². The van der Waals surface area contributed by atoms with Gasteiger partial charge in [0.2, 0.25) is 5.91 Å². The fourth-order valence-electron chi connectivity index (χ4n) is 2.79. The second-order valence-corrected chi connectivity index (χ2v) is 7.26. The number of halogens is 1. The molecule has 0 saturated carbocycles. The third kappa shape index (κ3) is 4.94. The lowest BCUT2D eigenvalue weighted by Crippen LogP contribution is -2.54. The van der Waals surface area contributed by atoms with Gasteiger partial charge in [0, 0.05) is 37.2 Å². The van der Waals surface area contributed by atoms with E-state index >= 15 is 0 Å². The van der Waals surface area contributed by atoms with Crippen LogP contribution in [0.3, 0.4) is 0 Å². The van der Waals surface area contributed by atoms with Crippen molar-refractivity contribution in [3.05, 3.63) is 41.2 Å². The van der Waals surface area contributed by atoms with Crippen molar-refractivity contribution in [1.29, 1.82) is 0 Å². The van der Waals surface area contributed by atoms with Gasteiger partial charge in [-0.1, -0.05) is 0 Å². The lowest BCUT2D eigenvalue weighted by atomic mass is 10.2. The van der Waals surface area contributed by atoms with Crippen molar-refractivity contribution < 1.29 is 14.0 Å². The molecule has 1 aliphatic rings.